The van der Waals surface area contributed by atoms with Gasteiger partial charge >= 0.3 is 0 Å². The van der Waals surface area contributed by atoms with E-state index in [4.69, 9.17) is 5.21 Å². The Balaban J connectivity index is 2.74. The van der Waals surface area contributed by atoms with Crippen molar-refractivity contribution in [3.63, 3.8) is 0 Å². The third-order valence-electron chi connectivity index (χ3n) is 3.36. The first kappa shape index (κ1) is 11.8. The maximum absolute atomic E-state index is 12.2. The first-order chi connectivity index (χ1) is 7.86. The van der Waals surface area contributed by atoms with Crippen LogP contribution in [0.1, 0.15) is 36.1 Å². The molecular weight excluding hydrogens is 214 g/mol. The second-order valence-corrected chi connectivity index (χ2v) is 5.45. The summed E-state index contributed by atoms with van der Waals surface area (Å²) in [5, 5.41) is 12.3. The molecule has 0 spiro atoms. The fraction of sp³-hybridized carbons (Fsp3) is 0.429. The van der Waals surface area contributed by atoms with Gasteiger partial charge in [0.2, 0.25) is 0 Å². The molecule has 0 saturated carbocycles. The highest BCUT2D eigenvalue weighted by molar-refractivity contribution is 6.49. The fourth-order valence-electron chi connectivity index (χ4n) is 2.62. The second-order valence-electron chi connectivity index (χ2n) is 5.45. The molecule has 17 heavy (non-hydrogen) atoms. The number of Topliss-reactive ketones (excluding diaryl/α,β-unsaturated/α-hetero) is 1. The van der Waals surface area contributed by atoms with Gasteiger partial charge in [-0.2, -0.15) is 0 Å². The van der Waals surface area contributed by atoms with Crippen LogP contribution in [0.3, 0.4) is 0 Å². The van der Waals surface area contributed by atoms with E-state index in [2.05, 4.69) is 11.2 Å². The maximum Gasteiger partial charge on any atom is 0.191 e. The van der Waals surface area contributed by atoms with Gasteiger partial charge < -0.3 is 5.21 Å². The Bertz CT molecular complexity index is 527. The zero-order chi connectivity index (χ0) is 12.8. The van der Waals surface area contributed by atoms with Crippen molar-refractivity contribution in [2.75, 3.05) is 0 Å². The molecule has 3 nitrogen and oxygen atoms in total. The largest absolute Gasteiger partial charge is 0.410 e. The average Bonchev–Trinajstić information content (AvgIpc) is 2.20. The van der Waals surface area contributed by atoms with Gasteiger partial charge in [-0.3, -0.25) is 4.79 Å². The predicted octanol–water partition coefficient (Wildman–Crippen LogP) is 2.63. The fourth-order valence-corrected chi connectivity index (χ4v) is 2.62. The van der Waals surface area contributed by atoms with Crippen LogP contribution < -0.4 is 0 Å². The van der Waals surface area contributed by atoms with Crippen LogP contribution in [-0.4, -0.2) is 16.7 Å². The van der Waals surface area contributed by atoms with Crippen LogP contribution in [0.2, 0.25) is 0 Å². The Morgan fingerprint density at radius 2 is 1.94 bits per heavy atom. The van der Waals surface area contributed by atoms with Gasteiger partial charge in [-0.1, -0.05) is 36.7 Å². The number of rotatable bonds is 0. The summed E-state index contributed by atoms with van der Waals surface area (Å²) in [7, 11) is 0. The van der Waals surface area contributed by atoms with E-state index in [-0.39, 0.29) is 11.5 Å². The monoisotopic (exact) mass is 231 g/mol. The molecule has 3 heteroatoms. The Hall–Kier alpha value is -1.64. The first-order valence-electron chi connectivity index (χ1n) is 5.74. The molecule has 0 heterocycles. The highest BCUT2D eigenvalue weighted by Gasteiger charge is 2.39. The Labute approximate surface area is 101 Å². The summed E-state index contributed by atoms with van der Waals surface area (Å²) < 4.78 is 0. The summed E-state index contributed by atoms with van der Waals surface area (Å²) in [5.41, 5.74) is 3.78. The van der Waals surface area contributed by atoms with E-state index in [1.54, 1.807) is 0 Å². The third-order valence-corrected chi connectivity index (χ3v) is 3.36. The topological polar surface area (TPSA) is 49.7 Å². The van der Waals surface area contributed by atoms with Crippen molar-refractivity contribution < 1.29 is 10.0 Å². The normalized spacial score (nSPS) is 20.5. The molecule has 90 valence electrons. The molecule has 1 aromatic carbocycles. The van der Waals surface area contributed by atoms with E-state index in [1.165, 1.54) is 5.56 Å². The quantitative estimate of drug-likeness (QED) is 0.551. The summed E-state index contributed by atoms with van der Waals surface area (Å²) in [6.07, 6.45) is 0.697. The Kier molecular flexibility index (Phi) is 2.57. The summed E-state index contributed by atoms with van der Waals surface area (Å²) in [4.78, 5) is 12.2. The smallest absolute Gasteiger partial charge is 0.191 e. The second kappa shape index (κ2) is 3.69. The van der Waals surface area contributed by atoms with Crippen LogP contribution in [0.4, 0.5) is 0 Å². The summed E-state index contributed by atoms with van der Waals surface area (Å²) in [6, 6.07) is 4.08. The zero-order valence-electron chi connectivity index (χ0n) is 10.7. The van der Waals surface area contributed by atoms with Gasteiger partial charge in [0.05, 0.1) is 0 Å². The van der Waals surface area contributed by atoms with Crippen molar-refractivity contribution in [3.05, 3.63) is 34.4 Å². The minimum Gasteiger partial charge on any atom is -0.410 e. The van der Waals surface area contributed by atoms with Crippen LogP contribution in [0.25, 0.3) is 0 Å². The number of carbonyl (C=O) groups is 1. The number of oxime groups is 1. The number of benzene rings is 1. The standard InChI is InChI=1S/C14H17NO2/c1-8-5-9(2)11-10(6-8)7-14(3,4)13(16)12(11)15-17/h5-6,17H,7H2,1-4H3/b15-12+. The zero-order valence-corrected chi connectivity index (χ0v) is 10.7. The predicted molar refractivity (Wildman–Crippen MR) is 66.7 cm³/mol. The lowest BCUT2D eigenvalue weighted by Gasteiger charge is -2.31. The van der Waals surface area contributed by atoms with Crippen LogP contribution in [0.5, 0.6) is 0 Å². The number of carbonyl (C=O) groups excluding carboxylic acids is 1. The molecule has 1 aliphatic carbocycles. The molecule has 0 unspecified atom stereocenters. The SMILES string of the molecule is Cc1cc(C)c2c(c1)CC(C)(C)C(=O)/C2=N/O. The van der Waals surface area contributed by atoms with Gasteiger partial charge in [0.15, 0.2) is 11.5 Å². The number of nitrogens with zero attached hydrogens (tertiary/aromatic N) is 1. The number of fused-ring (bicyclic) bond motifs is 1. The first-order valence-corrected chi connectivity index (χ1v) is 5.74. The van der Waals surface area contributed by atoms with Crippen molar-refractivity contribution in [3.8, 4) is 0 Å². The van der Waals surface area contributed by atoms with E-state index < -0.39 is 5.41 Å². The lowest BCUT2D eigenvalue weighted by atomic mass is 9.71. The van der Waals surface area contributed by atoms with Crippen molar-refractivity contribution in [2.24, 2.45) is 10.6 Å². The van der Waals surface area contributed by atoms with Gasteiger partial charge in [-0.05, 0) is 31.4 Å². The summed E-state index contributed by atoms with van der Waals surface area (Å²) in [6.45, 7) is 7.76. The molecule has 1 N–H and O–H groups in total. The van der Waals surface area contributed by atoms with Crippen molar-refractivity contribution in [1.29, 1.82) is 0 Å². The number of hydrogen-bond donors (Lipinski definition) is 1. The molecular formula is C14H17NO2. The number of hydrogen-bond acceptors (Lipinski definition) is 3. The van der Waals surface area contributed by atoms with E-state index in [0.29, 0.717) is 6.42 Å². The minimum absolute atomic E-state index is 0.0838. The van der Waals surface area contributed by atoms with E-state index in [9.17, 15) is 4.79 Å². The average molecular weight is 231 g/mol. The van der Waals surface area contributed by atoms with Crippen molar-refractivity contribution >= 4 is 11.5 Å². The van der Waals surface area contributed by atoms with Crippen LogP contribution in [-0.2, 0) is 11.2 Å². The molecule has 2 rings (SSSR count). The molecule has 0 bridgehead atoms. The lowest BCUT2D eigenvalue weighted by molar-refractivity contribution is -0.120. The minimum atomic E-state index is -0.491. The lowest BCUT2D eigenvalue weighted by Crippen LogP contribution is -2.39. The van der Waals surface area contributed by atoms with Gasteiger partial charge in [0, 0.05) is 11.0 Å². The van der Waals surface area contributed by atoms with Crippen LogP contribution in [0.15, 0.2) is 17.3 Å². The van der Waals surface area contributed by atoms with Gasteiger partial charge in [-0.15, -0.1) is 0 Å². The molecule has 1 aromatic rings. The molecule has 0 aromatic heterocycles. The Morgan fingerprint density at radius 3 is 2.53 bits per heavy atom. The summed E-state index contributed by atoms with van der Waals surface area (Å²) >= 11 is 0. The molecule has 1 aliphatic rings. The van der Waals surface area contributed by atoms with Gasteiger partial charge in [0.1, 0.15) is 0 Å². The number of ketones is 1. The highest BCUT2D eigenvalue weighted by atomic mass is 16.4. The van der Waals surface area contributed by atoms with Gasteiger partial charge in [-0.25, -0.2) is 0 Å². The molecule has 0 atom stereocenters. The third kappa shape index (κ3) is 1.75. The molecule has 0 fully saturated rings. The van der Waals surface area contributed by atoms with Crippen molar-refractivity contribution in [1.82, 2.24) is 0 Å². The highest BCUT2D eigenvalue weighted by Crippen LogP contribution is 2.34. The number of aryl methyl sites for hydroxylation is 2. The molecule has 0 saturated heterocycles. The van der Waals surface area contributed by atoms with Gasteiger partial charge in [0.25, 0.3) is 0 Å². The molecule has 0 aliphatic heterocycles. The van der Waals surface area contributed by atoms with Crippen molar-refractivity contribution in [2.45, 2.75) is 34.1 Å². The molecule has 0 radical (unpaired) electrons. The van der Waals surface area contributed by atoms with E-state index >= 15 is 0 Å². The van der Waals surface area contributed by atoms with E-state index in [0.717, 1.165) is 16.7 Å². The van der Waals surface area contributed by atoms with E-state index in [1.807, 2.05) is 33.8 Å². The maximum atomic E-state index is 12.2. The summed E-state index contributed by atoms with van der Waals surface area (Å²) in [5.74, 6) is -0.0838. The van der Waals surface area contributed by atoms with Crippen LogP contribution >= 0.6 is 0 Å². The Morgan fingerprint density at radius 1 is 1.29 bits per heavy atom. The van der Waals surface area contributed by atoms with Crippen LogP contribution in [0, 0.1) is 19.3 Å². The molecule has 0 amide bonds.